The number of hydrogen-bond donors (Lipinski definition) is 1. The van der Waals surface area contributed by atoms with Crippen molar-refractivity contribution in [1.29, 1.82) is 0 Å². The minimum atomic E-state index is 0.0691. The molecule has 0 aliphatic carbocycles. The monoisotopic (exact) mass is 174 g/mol. The van der Waals surface area contributed by atoms with E-state index in [1.807, 2.05) is 35.0 Å². The van der Waals surface area contributed by atoms with Gasteiger partial charge in [0.2, 0.25) is 0 Å². The van der Waals surface area contributed by atoms with Crippen molar-refractivity contribution in [3.8, 4) is 0 Å². The average Bonchev–Trinajstić information content (AvgIpc) is 2.61. The molecule has 0 aromatic carbocycles. The summed E-state index contributed by atoms with van der Waals surface area (Å²) in [4.78, 5) is 4.15. The van der Waals surface area contributed by atoms with Crippen LogP contribution in [-0.2, 0) is 0 Å². The number of rotatable bonds is 2. The summed E-state index contributed by atoms with van der Waals surface area (Å²) in [7, 11) is 0. The molecule has 0 saturated carbocycles. The molecule has 0 unspecified atom stereocenters. The molecule has 2 heterocycles. The zero-order valence-corrected chi connectivity index (χ0v) is 7.09. The lowest BCUT2D eigenvalue weighted by Gasteiger charge is -1.94. The van der Waals surface area contributed by atoms with Gasteiger partial charge in [0.25, 0.3) is 0 Å². The molecule has 0 aliphatic rings. The van der Waals surface area contributed by atoms with E-state index in [0.717, 1.165) is 11.2 Å². The highest BCUT2D eigenvalue weighted by Gasteiger charge is 1.92. The van der Waals surface area contributed by atoms with Crippen LogP contribution >= 0.6 is 0 Å². The highest BCUT2D eigenvalue weighted by Crippen LogP contribution is 2.06. The molecule has 2 rings (SSSR count). The van der Waals surface area contributed by atoms with Crippen molar-refractivity contribution in [2.24, 2.45) is 0 Å². The van der Waals surface area contributed by atoms with E-state index in [1.165, 1.54) is 0 Å². The molecule has 3 nitrogen and oxygen atoms in total. The first-order chi connectivity index (χ1) is 6.40. The van der Waals surface area contributed by atoms with Gasteiger partial charge in [-0.2, -0.15) is 0 Å². The Bertz CT molecular complexity index is 431. The van der Waals surface area contributed by atoms with Crippen LogP contribution in [0, 0.1) is 0 Å². The van der Waals surface area contributed by atoms with E-state index < -0.39 is 0 Å². The highest BCUT2D eigenvalue weighted by molar-refractivity contribution is 5.55. The Balaban J connectivity index is 2.42. The zero-order chi connectivity index (χ0) is 9.10. The van der Waals surface area contributed by atoms with E-state index in [2.05, 4.69) is 4.98 Å². The number of fused-ring (bicyclic) bond motifs is 1. The lowest BCUT2D eigenvalue weighted by Crippen LogP contribution is -1.83. The Morgan fingerprint density at radius 2 is 2.38 bits per heavy atom. The van der Waals surface area contributed by atoms with Gasteiger partial charge in [0.05, 0.1) is 6.61 Å². The summed E-state index contributed by atoms with van der Waals surface area (Å²) < 4.78 is 1.94. The van der Waals surface area contributed by atoms with E-state index >= 15 is 0 Å². The number of pyridine rings is 1. The number of imidazole rings is 1. The van der Waals surface area contributed by atoms with E-state index in [-0.39, 0.29) is 6.61 Å². The SMILES string of the molecule is OC/C=C/c1ccn2ccnc2c1. The predicted octanol–water partition coefficient (Wildman–Crippen LogP) is 1.34. The van der Waals surface area contributed by atoms with Crippen LogP contribution in [0.3, 0.4) is 0 Å². The second kappa shape index (κ2) is 3.41. The maximum absolute atomic E-state index is 8.59. The van der Waals surface area contributed by atoms with Crippen LogP contribution in [0.25, 0.3) is 11.7 Å². The number of nitrogens with zero attached hydrogens (tertiary/aromatic N) is 2. The minimum Gasteiger partial charge on any atom is -0.392 e. The van der Waals surface area contributed by atoms with Crippen molar-refractivity contribution in [3.63, 3.8) is 0 Å². The van der Waals surface area contributed by atoms with E-state index in [9.17, 15) is 0 Å². The van der Waals surface area contributed by atoms with Crippen molar-refractivity contribution in [3.05, 3.63) is 42.4 Å². The fourth-order valence-electron chi connectivity index (χ4n) is 1.22. The van der Waals surface area contributed by atoms with Crippen molar-refractivity contribution in [1.82, 2.24) is 9.38 Å². The van der Waals surface area contributed by atoms with E-state index in [4.69, 9.17) is 5.11 Å². The number of aliphatic hydroxyl groups excluding tert-OH is 1. The standard InChI is InChI=1S/C10H10N2O/c13-7-1-2-9-3-5-12-6-4-11-10(12)8-9/h1-6,8,13H,7H2/b2-1+. The van der Waals surface area contributed by atoms with E-state index in [1.54, 1.807) is 12.3 Å². The van der Waals surface area contributed by atoms with Gasteiger partial charge >= 0.3 is 0 Å². The van der Waals surface area contributed by atoms with Crippen molar-refractivity contribution >= 4 is 11.7 Å². The second-order valence-electron chi connectivity index (χ2n) is 2.74. The highest BCUT2D eigenvalue weighted by atomic mass is 16.2. The summed E-state index contributed by atoms with van der Waals surface area (Å²) in [6.07, 6.45) is 9.17. The smallest absolute Gasteiger partial charge is 0.137 e. The van der Waals surface area contributed by atoms with Crippen molar-refractivity contribution < 1.29 is 5.11 Å². The lowest BCUT2D eigenvalue weighted by atomic mass is 10.2. The van der Waals surface area contributed by atoms with Gasteiger partial charge in [0, 0.05) is 18.6 Å². The van der Waals surface area contributed by atoms with Gasteiger partial charge in [-0.3, -0.25) is 0 Å². The fraction of sp³-hybridized carbons (Fsp3) is 0.100. The zero-order valence-electron chi connectivity index (χ0n) is 7.09. The molecule has 13 heavy (non-hydrogen) atoms. The third-order valence-electron chi connectivity index (χ3n) is 1.84. The molecular formula is C10H10N2O. The Morgan fingerprint density at radius 3 is 3.23 bits per heavy atom. The van der Waals surface area contributed by atoms with E-state index in [0.29, 0.717) is 0 Å². The summed E-state index contributed by atoms with van der Waals surface area (Å²) in [5, 5.41) is 8.59. The third-order valence-corrected chi connectivity index (χ3v) is 1.84. The maximum Gasteiger partial charge on any atom is 0.137 e. The minimum absolute atomic E-state index is 0.0691. The molecule has 0 atom stereocenters. The van der Waals surface area contributed by atoms with Gasteiger partial charge < -0.3 is 9.51 Å². The Morgan fingerprint density at radius 1 is 1.46 bits per heavy atom. The fourth-order valence-corrected chi connectivity index (χ4v) is 1.22. The van der Waals surface area contributed by atoms with Crippen LogP contribution < -0.4 is 0 Å². The molecule has 2 aromatic heterocycles. The topological polar surface area (TPSA) is 37.5 Å². The number of aromatic nitrogens is 2. The Hall–Kier alpha value is -1.61. The summed E-state index contributed by atoms with van der Waals surface area (Å²) >= 11 is 0. The molecule has 0 saturated heterocycles. The third kappa shape index (κ3) is 1.60. The van der Waals surface area contributed by atoms with Gasteiger partial charge in [0.1, 0.15) is 5.65 Å². The molecule has 0 fully saturated rings. The van der Waals surface area contributed by atoms with Gasteiger partial charge in [-0.15, -0.1) is 0 Å². The van der Waals surface area contributed by atoms with Crippen molar-refractivity contribution in [2.75, 3.05) is 6.61 Å². The largest absolute Gasteiger partial charge is 0.392 e. The first-order valence-electron chi connectivity index (χ1n) is 4.10. The van der Waals surface area contributed by atoms with Gasteiger partial charge in [-0.05, 0) is 17.7 Å². The number of aliphatic hydroxyl groups is 1. The molecule has 1 N–H and O–H groups in total. The first-order valence-corrected chi connectivity index (χ1v) is 4.10. The van der Waals surface area contributed by atoms with Crippen LogP contribution in [0.15, 0.2) is 36.8 Å². The van der Waals surface area contributed by atoms with Crippen LogP contribution in [0.2, 0.25) is 0 Å². The van der Waals surface area contributed by atoms with Crippen LogP contribution in [0.5, 0.6) is 0 Å². The number of hydrogen-bond acceptors (Lipinski definition) is 2. The summed E-state index contributed by atoms with van der Waals surface area (Å²) in [5.41, 5.74) is 1.97. The van der Waals surface area contributed by atoms with Gasteiger partial charge in [-0.1, -0.05) is 12.2 Å². The summed E-state index contributed by atoms with van der Waals surface area (Å²) in [6, 6.07) is 3.94. The first kappa shape index (κ1) is 8.01. The average molecular weight is 174 g/mol. The Kier molecular flexibility index (Phi) is 2.10. The summed E-state index contributed by atoms with van der Waals surface area (Å²) in [6.45, 7) is 0.0691. The second-order valence-corrected chi connectivity index (χ2v) is 2.74. The lowest BCUT2D eigenvalue weighted by molar-refractivity contribution is 0.343. The molecule has 3 heteroatoms. The van der Waals surface area contributed by atoms with Gasteiger partial charge in [0.15, 0.2) is 0 Å². The normalized spacial score (nSPS) is 11.5. The van der Waals surface area contributed by atoms with Crippen LogP contribution in [0.4, 0.5) is 0 Å². The Labute approximate surface area is 76.0 Å². The molecule has 0 spiro atoms. The molecule has 0 aliphatic heterocycles. The van der Waals surface area contributed by atoms with Gasteiger partial charge in [-0.25, -0.2) is 4.98 Å². The molecular weight excluding hydrogens is 164 g/mol. The predicted molar refractivity (Wildman–Crippen MR) is 51.3 cm³/mol. The maximum atomic E-state index is 8.59. The molecule has 66 valence electrons. The molecule has 0 radical (unpaired) electrons. The summed E-state index contributed by atoms with van der Waals surface area (Å²) in [5.74, 6) is 0. The quantitative estimate of drug-likeness (QED) is 0.746. The van der Waals surface area contributed by atoms with Crippen LogP contribution in [0.1, 0.15) is 5.56 Å². The molecule has 0 amide bonds. The van der Waals surface area contributed by atoms with Crippen molar-refractivity contribution in [2.45, 2.75) is 0 Å². The van der Waals surface area contributed by atoms with Crippen LogP contribution in [-0.4, -0.2) is 21.1 Å². The molecule has 2 aromatic rings. The molecule has 0 bridgehead atoms.